The number of esters is 1. The third-order valence-corrected chi connectivity index (χ3v) is 5.16. The molecule has 152 valence electrons. The van der Waals surface area contributed by atoms with Crippen LogP contribution in [0.25, 0.3) is 0 Å². The van der Waals surface area contributed by atoms with Gasteiger partial charge in [0.25, 0.3) is 0 Å². The van der Waals surface area contributed by atoms with E-state index in [4.69, 9.17) is 21.1 Å². The number of hydrogen-bond donors (Lipinski definition) is 0. The number of halogens is 1. The summed E-state index contributed by atoms with van der Waals surface area (Å²) in [7, 11) is 0. The van der Waals surface area contributed by atoms with Crippen molar-refractivity contribution in [2.45, 2.75) is 25.9 Å². The Labute approximate surface area is 181 Å². The van der Waals surface area contributed by atoms with Crippen LogP contribution < -0.4 is 4.74 Å². The van der Waals surface area contributed by atoms with Crippen molar-refractivity contribution in [3.63, 3.8) is 0 Å². The van der Waals surface area contributed by atoms with Crippen molar-refractivity contribution in [3.8, 4) is 17.6 Å². The Balaban J connectivity index is 1.77. The monoisotopic (exact) mass is 419 g/mol. The third-order valence-electron chi connectivity index (χ3n) is 4.91. The fraction of sp³-hybridized carbons (Fsp3) is 0.200. The summed E-state index contributed by atoms with van der Waals surface area (Å²) in [5.41, 5.74) is -0.0815. The number of benzene rings is 3. The predicted molar refractivity (Wildman–Crippen MR) is 116 cm³/mol. The van der Waals surface area contributed by atoms with Crippen LogP contribution >= 0.6 is 11.6 Å². The van der Waals surface area contributed by atoms with Gasteiger partial charge in [0.2, 0.25) is 0 Å². The second-order valence-electron chi connectivity index (χ2n) is 7.22. The molecule has 1 unspecified atom stereocenters. The first-order valence-electron chi connectivity index (χ1n) is 9.62. The first-order chi connectivity index (χ1) is 14.5. The van der Waals surface area contributed by atoms with Gasteiger partial charge < -0.3 is 9.47 Å². The second kappa shape index (κ2) is 9.47. The quantitative estimate of drug-likeness (QED) is 0.422. The van der Waals surface area contributed by atoms with E-state index in [9.17, 15) is 10.1 Å². The summed E-state index contributed by atoms with van der Waals surface area (Å²) in [6.07, 6.45) is 0. The summed E-state index contributed by atoms with van der Waals surface area (Å²) in [4.78, 5) is 13.1. The second-order valence-corrected chi connectivity index (χ2v) is 7.66. The molecule has 3 rings (SSSR count). The highest BCUT2D eigenvalue weighted by molar-refractivity contribution is 6.30. The molecule has 1 atom stereocenters. The standard InChI is InChI=1S/C25H22ClNO3/c1-18(2)25(17-27,20-11-13-21(26)14-12-20)24(28)29-16-19-7-6-10-23(15-19)30-22-8-4-3-5-9-22/h3-15,18H,16H2,1-2H3. The van der Waals surface area contributed by atoms with Gasteiger partial charge in [-0.25, -0.2) is 4.79 Å². The number of carbonyl (C=O) groups is 1. The lowest BCUT2D eigenvalue weighted by molar-refractivity contribution is -0.151. The van der Waals surface area contributed by atoms with Gasteiger partial charge in [0.05, 0.1) is 6.07 Å². The Kier molecular flexibility index (Phi) is 6.76. The number of hydrogen-bond acceptors (Lipinski definition) is 4. The topological polar surface area (TPSA) is 59.3 Å². The maximum atomic E-state index is 13.1. The minimum absolute atomic E-state index is 0.0363. The highest BCUT2D eigenvalue weighted by atomic mass is 35.5. The van der Waals surface area contributed by atoms with Gasteiger partial charge in [-0.3, -0.25) is 0 Å². The first-order valence-corrected chi connectivity index (χ1v) is 10.00. The minimum atomic E-state index is -1.41. The van der Waals surface area contributed by atoms with Crippen LogP contribution in [0.2, 0.25) is 5.02 Å². The Morgan fingerprint density at radius 3 is 2.30 bits per heavy atom. The lowest BCUT2D eigenvalue weighted by atomic mass is 9.73. The molecule has 4 nitrogen and oxygen atoms in total. The van der Waals surface area contributed by atoms with Gasteiger partial charge in [-0.1, -0.05) is 67.9 Å². The molecule has 5 heteroatoms. The fourth-order valence-corrected chi connectivity index (χ4v) is 3.35. The molecule has 0 amide bonds. The van der Waals surface area contributed by atoms with Crippen molar-refractivity contribution in [3.05, 3.63) is 95.0 Å². The molecular weight excluding hydrogens is 398 g/mol. The summed E-state index contributed by atoms with van der Waals surface area (Å²) in [5, 5.41) is 10.5. The normalized spacial score (nSPS) is 12.6. The average molecular weight is 420 g/mol. The van der Waals surface area contributed by atoms with Gasteiger partial charge in [0.15, 0.2) is 5.41 Å². The van der Waals surface area contributed by atoms with E-state index in [1.165, 1.54) is 0 Å². The van der Waals surface area contributed by atoms with Crippen molar-refractivity contribution >= 4 is 17.6 Å². The lowest BCUT2D eigenvalue weighted by Crippen LogP contribution is -2.41. The zero-order valence-corrected chi connectivity index (χ0v) is 17.6. The van der Waals surface area contributed by atoms with Crippen molar-refractivity contribution in [1.82, 2.24) is 0 Å². The van der Waals surface area contributed by atoms with E-state index in [-0.39, 0.29) is 12.5 Å². The summed E-state index contributed by atoms with van der Waals surface area (Å²) in [6, 6.07) is 25.7. The molecule has 0 radical (unpaired) electrons. The van der Waals surface area contributed by atoms with E-state index < -0.39 is 11.4 Å². The van der Waals surface area contributed by atoms with Crippen LogP contribution in [0.5, 0.6) is 11.5 Å². The fourth-order valence-electron chi connectivity index (χ4n) is 3.23. The summed E-state index contributed by atoms with van der Waals surface area (Å²) in [6.45, 7) is 3.69. The van der Waals surface area contributed by atoms with Crippen LogP contribution in [-0.4, -0.2) is 5.97 Å². The largest absolute Gasteiger partial charge is 0.459 e. The van der Waals surface area contributed by atoms with Gasteiger partial charge in [-0.15, -0.1) is 0 Å². The Bertz CT molecular complexity index is 1040. The van der Waals surface area contributed by atoms with Crippen LogP contribution in [0.3, 0.4) is 0 Å². The average Bonchev–Trinajstić information content (AvgIpc) is 2.75. The van der Waals surface area contributed by atoms with Gasteiger partial charge in [0, 0.05) is 5.02 Å². The van der Waals surface area contributed by atoms with Crippen molar-refractivity contribution in [2.75, 3.05) is 0 Å². The molecule has 0 fully saturated rings. The smallest absolute Gasteiger partial charge is 0.331 e. The Hall–Kier alpha value is -3.29. The van der Waals surface area contributed by atoms with Gasteiger partial charge in [-0.05, 0) is 53.4 Å². The summed E-state index contributed by atoms with van der Waals surface area (Å²) in [5.74, 6) is 0.487. The molecule has 3 aromatic carbocycles. The number of nitrogens with zero attached hydrogens (tertiary/aromatic N) is 1. The molecule has 30 heavy (non-hydrogen) atoms. The van der Waals surface area contributed by atoms with E-state index in [1.807, 2.05) is 68.4 Å². The summed E-state index contributed by atoms with van der Waals surface area (Å²) >= 11 is 5.97. The van der Waals surface area contributed by atoms with Crippen molar-refractivity contribution in [2.24, 2.45) is 5.92 Å². The maximum absolute atomic E-state index is 13.1. The van der Waals surface area contributed by atoms with Gasteiger partial charge in [-0.2, -0.15) is 5.26 Å². The number of ether oxygens (including phenoxy) is 2. The van der Waals surface area contributed by atoms with Crippen molar-refractivity contribution in [1.29, 1.82) is 5.26 Å². The molecule has 0 aliphatic carbocycles. The molecule has 3 aromatic rings. The van der Waals surface area contributed by atoms with Crippen LogP contribution in [0.4, 0.5) is 0 Å². The number of nitriles is 1. The maximum Gasteiger partial charge on any atom is 0.331 e. The minimum Gasteiger partial charge on any atom is -0.459 e. The van der Waals surface area contributed by atoms with Gasteiger partial charge in [0.1, 0.15) is 18.1 Å². The van der Waals surface area contributed by atoms with Crippen LogP contribution in [0.1, 0.15) is 25.0 Å². The molecule has 0 bridgehead atoms. The molecule has 0 saturated heterocycles. The Morgan fingerprint density at radius 2 is 1.67 bits per heavy atom. The van der Waals surface area contributed by atoms with E-state index >= 15 is 0 Å². The number of carbonyl (C=O) groups excluding carboxylic acids is 1. The molecular formula is C25H22ClNO3. The number of rotatable bonds is 7. The Morgan fingerprint density at radius 1 is 1.00 bits per heavy atom. The molecule has 0 aromatic heterocycles. The van der Waals surface area contributed by atoms with Crippen LogP contribution in [0.15, 0.2) is 78.9 Å². The summed E-state index contributed by atoms with van der Waals surface area (Å²) < 4.78 is 11.4. The zero-order chi connectivity index (χ0) is 21.6. The predicted octanol–water partition coefficient (Wildman–Crippen LogP) is 6.29. The van der Waals surface area contributed by atoms with Crippen LogP contribution in [0, 0.1) is 17.2 Å². The van der Waals surface area contributed by atoms with Crippen molar-refractivity contribution < 1.29 is 14.3 Å². The molecule has 0 aliphatic rings. The van der Waals surface area contributed by atoms with E-state index in [0.717, 1.165) is 11.3 Å². The molecule has 0 N–H and O–H groups in total. The van der Waals surface area contributed by atoms with E-state index in [0.29, 0.717) is 16.3 Å². The molecule has 0 heterocycles. The van der Waals surface area contributed by atoms with E-state index in [1.54, 1.807) is 24.3 Å². The first kappa shape index (κ1) is 21.4. The SMILES string of the molecule is CC(C)C(C#N)(C(=O)OCc1cccc(Oc2ccccc2)c1)c1ccc(Cl)cc1. The zero-order valence-electron chi connectivity index (χ0n) is 16.8. The molecule has 0 spiro atoms. The van der Waals surface area contributed by atoms with E-state index in [2.05, 4.69) is 6.07 Å². The van der Waals surface area contributed by atoms with Gasteiger partial charge >= 0.3 is 5.97 Å². The molecule has 0 saturated carbocycles. The third kappa shape index (κ3) is 4.64. The van der Waals surface area contributed by atoms with Crippen LogP contribution in [-0.2, 0) is 21.6 Å². The molecule has 0 aliphatic heterocycles. The number of para-hydroxylation sites is 1. The highest BCUT2D eigenvalue weighted by Gasteiger charge is 2.45. The lowest BCUT2D eigenvalue weighted by Gasteiger charge is -2.29. The highest BCUT2D eigenvalue weighted by Crippen LogP contribution is 2.34.